The molecule has 112 valence electrons. The molecule has 0 radical (unpaired) electrons. The van der Waals surface area contributed by atoms with Crippen molar-refractivity contribution < 1.29 is 4.74 Å². The molecule has 1 fully saturated rings. The van der Waals surface area contributed by atoms with E-state index in [9.17, 15) is 0 Å². The van der Waals surface area contributed by atoms with Gasteiger partial charge in [0.2, 0.25) is 0 Å². The lowest BCUT2D eigenvalue weighted by molar-refractivity contribution is 0.108. The molecule has 0 saturated carbocycles. The molecule has 2 unspecified atom stereocenters. The molecule has 2 N–H and O–H groups in total. The molecule has 1 heterocycles. The summed E-state index contributed by atoms with van der Waals surface area (Å²) in [4.78, 5) is 2.56. The number of rotatable bonds is 6. The third-order valence-electron chi connectivity index (χ3n) is 4.28. The Balaban J connectivity index is 2.02. The summed E-state index contributed by atoms with van der Waals surface area (Å²) in [5.41, 5.74) is 7.28. The van der Waals surface area contributed by atoms with Crippen molar-refractivity contribution in [1.82, 2.24) is 4.90 Å². The highest BCUT2D eigenvalue weighted by Gasteiger charge is 2.26. The second kappa shape index (κ2) is 7.65. The van der Waals surface area contributed by atoms with Gasteiger partial charge in [0.25, 0.3) is 0 Å². The zero-order valence-electron chi connectivity index (χ0n) is 12.8. The van der Waals surface area contributed by atoms with Gasteiger partial charge < -0.3 is 10.5 Å². The number of likely N-dealkylation sites (tertiary alicyclic amines) is 1. The lowest BCUT2D eigenvalue weighted by Gasteiger charge is -2.39. The van der Waals surface area contributed by atoms with Gasteiger partial charge in [0.05, 0.1) is 6.61 Å². The summed E-state index contributed by atoms with van der Waals surface area (Å²) in [6.07, 6.45) is 4.88. The molecule has 1 aromatic rings. The SMILES string of the molecule is CCCOc1ccc(C(C)N2CCCCC2CN)cc1. The van der Waals surface area contributed by atoms with Crippen LogP contribution in [-0.4, -0.2) is 30.6 Å². The normalized spacial score (nSPS) is 21.6. The highest BCUT2D eigenvalue weighted by Crippen LogP contribution is 2.28. The van der Waals surface area contributed by atoms with Gasteiger partial charge in [-0.25, -0.2) is 0 Å². The average Bonchev–Trinajstić information content (AvgIpc) is 2.52. The zero-order valence-corrected chi connectivity index (χ0v) is 12.8. The van der Waals surface area contributed by atoms with Crippen LogP contribution >= 0.6 is 0 Å². The second-order valence-corrected chi connectivity index (χ2v) is 5.72. The van der Waals surface area contributed by atoms with Crippen LogP contribution in [-0.2, 0) is 0 Å². The summed E-state index contributed by atoms with van der Waals surface area (Å²) in [6.45, 7) is 7.13. The van der Waals surface area contributed by atoms with E-state index in [0.29, 0.717) is 12.1 Å². The fourth-order valence-electron chi connectivity index (χ4n) is 3.04. The quantitative estimate of drug-likeness (QED) is 0.866. The summed E-state index contributed by atoms with van der Waals surface area (Å²) < 4.78 is 5.64. The maximum absolute atomic E-state index is 5.93. The summed E-state index contributed by atoms with van der Waals surface area (Å²) in [6, 6.07) is 9.53. The van der Waals surface area contributed by atoms with Crippen molar-refractivity contribution >= 4 is 0 Å². The van der Waals surface area contributed by atoms with Crippen LogP contribution in [0.2, 0.25) is 0 Å². The van der Waals surface area contributed by atoms with E-state index in [1.54, 1.807) is 0 Å². The monoisotopic (exact) mass is 276 g/mol. The van der Waals surface area contributed by atoms with Crippen LogP contribution in [0.5, 0.6) is 5.75 Å². The van der Waals surface area contributed by atoms with Crippen LogP contribution in [0.25, 0.3) is 0 Å². The lowest BCUT2D eigenvalue weighted by atomic mass is 9.97. The first kappa shape index (κ1) is 15.3. The third kappa shape index (κ3) is 3.74. The number of nitrogens with two attached hydrogens (primary N) is 1. The standard InChI is InChI=1S/C17H28N2O/c1-3-12-20-17-9-7-15(8-10-17)14(2)19-11-5-4-6-16(19)13-18/h7-10,14,16H,3-6,11-13,18H2,1-2H3. The first-order chi connectivity index (χ1) is 9.76. The summed E-state index contributed by atoms with van der Waals surface area (Å²) in [5.74, 6) is 0.969. The van der Waals surface area contributed by atoms with E-state index in [4.69, 9.17) is 10.5 Å². The molecule has 1 aromatic carbocycles. The van der Waals surface area contributed by atoms with Gasteiger partial charge in [-0.1, -0.05) is 25.5 Å². The lowest BCUT2D eigenvalue weighted by Crippen LogP contribution is -2.45. The van der Waals surface area contributed by atoms with Crippen LogP contribution in [0, 0.1) is 0 Å². The molecule has 2 atom stereocenters. The number of piperidine rings is 1. The summed E-state index contributed by atoms with van der Waals surface area (Å²) in [7, 11) is 0. The highest BCUT2D eigenvalue weighted by atomic mass is 16.5. The van der Waals surface area contributed by atoms with Crippen LogP contribution in [0.3, 0.4) is 0 Å². The van der Waals surface area contributed by atoms with Crippen LogP contribution in [0.4, 0.5) is 0 Å². The molecule has 1 aliphatic rings. The highest BCUT2D eigenvalue weighted by molar-refractivity contribution is 5.29. The Morgan fingerprint density at radius 3 is 2.70 bits per heavy atom. The summed E-state index contributed by atoms with van der Waals surface area (Å²) in [5, 5.41) is 0. The van der Waals surface area contributed by atoms with Crippen molar-refractivity contribution in [1.29, 1.82) is 0 Å². The Bertz CT molecular complexity index is 390. The predicted molar refractivity (Wildman–Crippen MR) is 84.0 cm³/mol. The van der Waals surface area contributed by atoms with Crippen molar-refractivity contribution in [2.45, 2.75) is 51.6 Å². The van der Waals surface area contributed by atoms with Crippen molar-refractivity contribution in [3.63, 3.8) is 0 Å². The fraction of sp³-hybridized carbons (Fsp3) is 0.647. The minimum Gasteiger partial charge on any atom is -0.494 e. The Labute approximate surface area is 123 Å². The average molecular weight is 276 g/mol. The smallest absolute Gasteiger partial charge is 0.119 e. The number of hydrogen-bond acceptors (Lipinski definition) is 3. The molecule has 1 aliphatic heterocycles. The first-order valence-corrected chi connectivity index (χ1v) is 7.94. The Hall–Kier alpha value is -1.06. The van der Waals surface area contributed by atoms with E-state index >= 15 is 0 Å². The predicted octanol–water partition coefficient (Wildman–Crippen LogP) is 3.35. The van der Waals surface area contributed by atoms with Gasteiger partial charge in [-0.05, 0) is 50.4 Å². The Morgan fingerprint density at radius 1 is 1.30 bits per heavy atom. The number of benzene rings is 1. The Morgan fingerprint density at radius 2 is 2.05 bits per heavy atom. The largest absolute Gasteiger partial charge is 0.494 e. The maximum atomic E-state index is 5.93. The van der Waals surface area contributed by atoms with Gasteiger partial charge in [-0.15, -0.1) is 0 Å². The molecule has 0 aromatic heterocycles. The van der Waals surface area contributed by atoms with Gasteiger partial charge in [-0.3, -0.25) is 4.90 Å². The minimum absolute atomic E-state index is 0.434. The Kier molecular flexibility index (Phi) is 5.86. The van der Waals surface area contributed by atoms with E-state index < -0.39 is 0 Å². The van der Waals surface area contributed by atoms with Gasteiger partial charge in [0.15, 0.2) is 0 Å². The van der Waals surface area contributed by atoms with E-state index in [2.05, 4.69) is 43.0 Å². The molecule has 2 rings (SSSR count). The third-order valence-corrected chi connectivity index (χ3v) is 4.28. The summed E-state index contributed by atoms with van der Waals surface area (Å²) >= 11 is 0. The minimum atomic E-state index is 0.434. The topological polar surface area (TPSA) is 38.5 Å². The molecule has 3 heteroatoms. The molecule has 0 amide bonds. The number of nitrogens with zero attached hydrogens (tertiary/aromatic N) is 1. The molecule has 0 bridgehead atoms. The van der Waals surface area contributed by atoms with Gasteiger partial charge in [-0.2, -0.15) is 0 Å². The van der Waals surface area contributed by atoms with Crippen molar-refractivity contribution in [2.24, 2.45) is 5.73 Å². The molecule has 0 aliphatic carbocycles. The molecule has 0 spiro atoms. The van der Waals surface area contributed by atoms with E-state index in [1.165, 1.54) is 24.8 Å². The van der Waals surface area contributed by atoms with E-state index in [-0.39, 0.29) is 0 Å². The number of ether oxygens (including phenoxy) is 1. The molecule has 1 saturated heterocycles. The van der Waals surface area contributed by atoms with Crippen LogP contribution in [0.15, 0.2) is 24.3 Å². The van der Waals surface area contributed by atoms with Crippen LogP contribution in [0.1, 0.15) is 51.1 Å². The van der Waals surface area contributed by atoms with Crippen molar-refractivity contribution in [2.75, 3.05) is 19.7 Å². The first-order valence-electron chi connectivity index (χ1n) is 7.94. The van der Waals surface area contributed by atoms with Crippen molar-refractivity contribution in [3.8, 4) is 5.75 Å². The van der Waals surface area contributed by atoms with Crippen molar-refractivity contribution in [3.05, 3.63) is 29.8 Å². The van der Waals surface area contributed by atoms with Gasteiger partial charge in [0, 0.05) is 18.6 Å². The van der Waals surface area contributed by atoms with Crippen LogP contribution < -0.4 is 10.5 Å². The number of hydrogen-bond donors (Lipinski definition) is 1. The van der Waals surface area contributed by atoms with E-state index in [1.807, 2.05) is 0 Å². The molecular weight excluding hydrogens is 248 g/mol. The zero-order chi connectivity index (χ0) is 14.4. The molecule has 3 nitrogen and oxygen atoms in total. The second-order valence-electron chi connectivity index (χ2n) is 5.72. The van der Waals surface area contributed by atoms with Gasteiger partial charge in [0.1, 0.15) is 5.75 Å². The van der Waals surface area contributed by atoms with E-state index in [0.717, 1.165) is 31.9 Å². The molecular formula is C17H28N2O. The molecule has 20 heavy (non-hydrogen) atoms. The maximum Gasteiger partial charge on any atom is 0.119 e. The fourth-order valence-corrected chi connectivity index (χ4v) is 3.04. The van der Waals surface area contributed by atoms with Gasteiger partial charge >= 0.3 is 0 Å².